The molecule has 28 heavy (non-hydrogen) atoms. The highest BCUT2D eigenvalue weighted by Crippen LogP contribution is 2.16. The lowest BCUT2D eigenvalue weighted by Gasteiger charge is -2.05. The summed E-state index contributed by atoms with van der Waals surface area (Å²) >= 11 is 3.35. The van der Waals surface area contributed by atoms with Crippen LogP contribution in [0.1, 0.15) is 38.2 Å². The molecule has 0 bridgehead atoms. The molecule has 0 fully saturated rings. The van der Waals surface area contributed by atoms with Crippen molar-refractivity contribution < 1.29 is 14.3 Å². The van der Waals surface area contributed by atoms with Crippen molar-refractivity contribution >= 4 is 39.6 Å². The molecule has 6 nitrogen and oxygen atoms in total. The van der Waals surface area contributed by atoms with Crippen LogP contribution < -0.4 is 15.5 Å². The van der Waals surface area contributed by atoms with Gasteiger partial charge in [-0.25, -0.2) is 5.43 Å². The number of anilines is 1. The van der Waals surface area contributed by atoms with Crippen LogP contribution >= 0.6 is 15.9 Å². The van der Waals surface area contributed by atoms with Crippen molar-refractivity contribution in [3.63, 3.8) is 0 Å². The van der Waals surface area contributed by atoms with E-state index in [0.717, 1.165) is 27.9 Å². The second-order valence-corrected chi connectivity index (χ2v) is 7.04. The molecule has 0 unspecified atom stereocenters. The molecule has 0 saturated heterocycles. The third-order valence-electron chi connectivity index (χ3n) is 3.67. The van der Waals surface area contributed by atoms with Gasteiger partial charge in [0.25, 0.3) is 0 Å². The summed E-state index contributed by atoms with van der Waals surface area (Å²) in [5, 5.41) is 6.74. The molecule has 0 atom stereocenters. The van der Waals surface area contributed by atoms with E-state index in [1.54, 1.807) is 6.21 Å². The summed E-state index contributed by atoms with van der Waals surface area (Å²) in [6, 6.07) is 14.8. The SMILES string of the molecule is CCCOc1ccc(/C=N\NC(=O)CCCC(=O)Nc2cccc(Br)c2)cc1. The van der Waals surface area contributed by atoms with Gasteiger partial charge < -0.3 is 10.1 Å². The fourth-order valence-electron chi connectivity index (χ4n) is 2.30. The minimum Gasteiger partial charge on any atom is -0.494 e. The van der Waals surface area contributed by atoms with Gasteiger partial charge in [-0.1, -0.05) is 28.9 Å². The third kappa shape index (κ3) is 8.35. The molecule has 2 N–H and O–H groups in total. The lowest BCUT2D eigenvalue weighted by atomic mass is 10.2. The van der Waals surface area contributed by atoms with E-state index in [1.165, 1.54) is 0 Å². The molecule has 0 aliphatic carbocycles. The Hall–Kier alpha value is -2.67. The van der Waals surface area contributed by atoms with Gasteiger partial charge in [0.05, 0.1) is 12.8 Å². The number of nitrogens with zero attached hydrogens (tertiary/aromatic N) is 1. The van der Waals surface area contributed by atoms with Gasteiger partial charge in [0.15, 0.2) is 0 Å². The topological polar surface area (TPSA) is 79.8 Å². The van der Waals surface area contributed by atoms with Crippen LogP contribution in [0.3, 0.4) is 0 Å². The van der Waals surface area contributed by atoms with Crippen LogP contribution in [0.25, 0.3) is 0 Å². The molecular formula is C21H24BrN3O3. The van der Waals surface area contributed by atoms with E-state index in [1.807, 2.05) is 48.5 Å². The highest BCUT2D eigenvalue weighted by Gasteiger charge is 2.05. The molecule has 2 amide bonds. The number of nitrogens with one attached hydrogen (secondary N) is 2. The van der Waals surface area contributed by atoms with Crippen LogP contribution in [0.2, 0.25) is 0 Å². The second-order valence-electron chi connectivity index (χ2n) is 6.12. The Morgan fingerprint density at radius 3 is 2.57 bits per heavy atom. The van der Waals surface area contributed by atoms with Crippen LogP contribution in [-0.4, -0.2) is 24.6 Å². The Morgan fingerprint density at radius 1 is 1.11 bits per heavy atom. The first-order valence-electron chi connectivity index (χ1n) is 9.17. The first-order valence-corrected chi connectivity index (χ1v) is 9.96. The minimum absolute atomic E-state index is 0.125. The van der Waals surface area contributed by atoms with E-state index in [9.17, 15) is 9.59 Å². The molecule has 7 heteroatoms. The lowest BCUT2D eigenvalue weighted by molar-refractivity contribution is -0.121. The van der Waals surface area contributed by atoms with Crippen LogP contribution in [0.4, 0.5) is 5.69 Å². The maximum absolute atomic E-state index is 11.9. The van der Waals surface area contributed by atoms with Crippen molar-refractivity contribution in [2.45, 2.75) is 32.6 Å². The van der Waals surface area contributed by atoms with E-state index in [2.05, 4.69) is 38.7 Å². The summed E-state index contributed by atoms with van der Waals surface area (Å²) in [6.07, 6.45) is 3.48. The van der Waals surface area contributed by atoms with Crippen molar-refractivity contribution in [2.75, 3.05) is 11.9 Å². The Bertz CT molecular complexity index is 807. The summed E-state index contributed by atoms with van der Waals surface area (Å²) in [6.45, 7) is 2.74. The predicted molar refractivity (Wildman–Crippen MR) is 115 cm³/mol. The second kappa shape index (κ2) is 11.9. The zero-order chi connectivity index (χ0) is 20.2. The molecule has 0 spiro atoms. The fraction of sp³-hybridized carbons (Fsp3) is 0.286. The quantitative estimate of drug-likeness (QED) is 0.417. The molecular weight excluding hydrogens is 422 g/mol. The molecule has 2 aromatic rings. The van der Waals surface area contributed by atoms with Gasteiger partial charge >= 0.3 is 0 Å². The van der Waals surface area contributed by atoms with Gasteiger partial charge in [0, 0.05) is 23.0 Å². The standard InChI is InChI=1S/C21H24BrN3O3/c1-2-13-28-19-11-9-16(10-12-19)15-23-25-21(27)8-4-7-20(26)24-18-6-3-5-17(22)14-18/h3,5-6,9-12,14-15H,2,4,7-8,13H2,1H3,(H,24,26)(H,25,27)/b23-15-. The van der Waals surface area contributed by atoms with E-state index in [0.29, 0.717) is 13.0 Å². The van der Waals surface area contributed by atoms with Crippen molar-refractivity contribution in [2.24, 2.45) is 5.10 Å². The minimum atomic E-state index is -0.227. The Morgan fingerprint density at radius 2 is 1.86 bits per heavy atom. The number of hydrazone groups is 1. The smallest absolute Gasteiger partial charge is 0.240 e. The fourth-order valence-corrected chi connectivity index (χ4v) is 2.70. The Balaban J connectivity index is 1.65. The first kappa shape index (κ1) is 21.6. The van der Waals surface area contributed by atoms with Gasteiger partial charge in [0.1, 0.15) is 5.75 Å². The third-order valence-corrected chi connectivity index (χ3v) is 4.17. The number of benzene rings is 2. The lowest BCUT2D eigenvalue weighted by Crippen LogP contribution is -2.18. The summed E-state index contributed by atoms with van der Waals surface area (Å²) in [5.41, 5.74) is 4.05. The maximum atomic E-state index is 11.9. The number of carbonyl (C=O) groups excluding carboxylic acids is 2. The van der Waals surface area contributed by atoms with Crippen molar-refractivity contribution in [3.05, 3.63) is 58.6 Å². The van der Waals surface area contributed by atoms with Crippen molar-refractivity contribution in [1.29, 1.82) is 0 Å². The van der Waals surface area contributed by atoms with E-state index < -0.39 is 0 Å². The largest absolute Gasteiger partial charge is 0.494 e. The average molecular weight is 446 g/mol. The number of hydrogen-bond acceptors (Lipinski definition) is 4. The molecule has 2 rings (SSSR count). The van der Waals surface area contributed by atoms with Crippen LogP contribution in [-0.2, 0) is 9.59 Å². The summed E-state index contributed by atoms with van der Waals surface area (Å²) in [4.78, 5) is 23.7. The van der Waals surface area contributed by atoms with Crippen molar-refractivity contribution in [1.82, 2.24) is 5.43 Å². The molecule has 0 aliphatic heterocycles. The number of hydrogen-bond donors (Lipinski definition) is 2. The molecule has 2 aromatic carbocycles. The highest BCUT2D eigenvalue weighted by molar-refractivity contribution is 9.10. The monoisotopic (exact) mass is 445 g/mol. The molecule has 0 radical (unpaired) electrons. The molecule has 0 heterocycles. The van der Waals surface area contributed by atoms with Crippen LogP contribution in [0, 0.1) is 0 Å². The summed E-state index contributed by atoms with van der Waals surface area (Å²) in [5.74, 6) is 0.457. The number of rotatable bonds is 10. The number of amides is 2. The normalized spacial score (nSPS) is 10.6. The highest BCUT2D eigenvalue weighted by atomic mass is 79.9. The van der Waals surface area contributed by atoms with Gasteiger partial charge in [-0.05, 0) is 60.9 Å². The van der Waals surface area contributed by atoms with Crippen LogP contribution in [0.15, 0.2) is 58.1 Å². The summed E-state index contributed by atoms with van der Waals surface area (Å²) in [7, 11) is 0. The Labute approximate surface area is 173 Å². The molecule has 0 aromatic heterocycles. The predicted octanol–water partition coefficient (Wildman–Crippen LogP) is 4.50. The number of halogens is 1. The average Bonchev–Trinajstić information content (AvgIpc) is 2.67. The van der Waals surface area contributed by atoms with Gasteiger partial charge in [-0.2, -0.15) is 5.10 Å². The molecule has 148 valence electrons. The zero-order valence-corrected chi connectivity index (χ0v) is 17.4. The Kier molecular flexibility index (Phi) is 9.21. The molecule has 0 aliphatic rings. The number of ether oxygens (including phenoxy) is 1. The van der Waals surface area contributed by atoms with Gasteiger partial charge in [-0.15, -0.1) is 0 Å². The van der Waals surface area contributed by atoms with Gasteiger partial charge in [0.2, 0.25) is 11.8 Å². The summed E-state index contributed by atoms with van der Waals surface area (Å²) < 4.78 is 6.40. The first-order chi connectivity index (χ1) is 13.6. The van der Waals surface area contributed by atoms with E-state index in [-0.39, 0.29) is 24.7 Å². The maximum Gasteiger partial charge on any atom is 0.240 e. The van der Waals surface area contributed by atoms with E-state index >= 15 is 0 Å². The van der Waals surface area contributed by atoms with Crippen molar-refractivity contribution in [3.8, 4) is 5.75 Å². The molecule has 0 saturated carbocycles. The number of carbonyl (C=O) groups is 2. The van der Waals surface area contributed by atoms with Gasteiger partial charge in [-0.3, -0.25) is 9.59 Å². The zero-order valence-electron chi connectivity index (χ0n) is 15.8. The van der Waals surface area contributed by atoms with E-state index in [4.69, 9.17) is 4.74 Å². The van der Waals surface area contributed by atoms with Crippen LogP contribution in [0.5, 0.6) is 5.75 Å².